The minimum absolute atomic E-state index is 0.0316. The molecule has 0 heterocycles. The Bertz CT molecular complexity index is 386. The average Bonchev–Trinajstić information content (AvgIpc) is 2.25. The quantitative estimate of drug-likeness (QED) is 0.872. The molecular weight excluding hydrogens is 222 g/mol. The van der Waals surface area contributed by atoms with E-state index in [1.807, 2.05) is 39.0 Å². The van der Waals surface area contributed by atoms with Crippen LogP contribution in [-0.4, -0.2) is 6.61 Å². The molecule has 1 atom stereocenters. The fourth-order valence-corrected chi connectivity index (χ4v) is 1.43. The third kappa shape index (κ3) is 3.54. The first-order valence-corrected chi connectivity index (χ1v) is 5.73. The predicted octanol–water partition coefficient (Wildman–Crippen LogP) is 3.54. The molecular formula is C13H18ClNO. The zero-order chi connectivity index (χ0) is 12.1. The lowest BCUT2D eigenvalue weighted by Gasteiger charge is -2.14. The van der Waals surface area contributed by atoms with Gasteiger partial charge in [-0.15, -0.1) is 0 Å². The Morgan fingerprint density at radius 2 is 2.25 bits per heavy atom. The van der Waals surface area contributed by atoms with Crippen LogP contribution in [0.5, 0.6) is 5.75 Å². The maximum atomic E-state index is 5.88. The largest absolute Gasteiger partial charge is 0.489 e. The zero-order valence-corrected chi connectivity index (χ0v) is 10.7. The lowest BCUT2D eigenvalue weighted by Crippen LogP contribution is -2.09. The third-order valence-corrected chi connectivity index (χ3v) is 2.67. The van der Waals surface area contributed by atoms with Crippen LogP contribution in [0.25, 0.3) is 0 Å². The van der Waals surface area contributed by atoms with Crippen molar-refractivity contribution in [3.8, 4) is 5.75 Å². The maximum absolute atomic E-state index is 5.88. The fraction of sp³-hybridized carbons (Fsp3) is 0.385. The number of ether oxygens (including phenoxy) is 1. The van der Waals surface area contributed by atoms with Gasteiger partial charge in [-0.2, -0.15) is 0 Å². The van der Waals surface area contributed by atoms with E-state index >= 15 is 0 Å². The van der Waals surface area contributed by atoms with Crippen molar-refractivity contribution in [3.63, 3.8) is 0 Å². The van der Waals surface area contributed by atoms with E-state index < -0.39 is 0 Å². The molecule has 1 rings (SSSR count). The molecule has 0 amide bonds. The Balaban J connectivity index is 2.88. The van der Waals surface area contributed by atoms with Gasteiger partial charge in [0.15, 0.2) is 0 Å². The lowest BCUT2D eigenvalue weighted by atomic mass is 10.1. The fourth-order valence-electron chi connectivity index (χ4n) is 1.37. The van der Waals surface area contributed by atoms with E-state index in [2.05, 4.69) is 0 Å². The smallest absolute Gasteiger partial charge is 0.124 e. The topological polar surface area (TPSA) is 35.2 Å². The van der Waals surface area contributed by atoms with Crippen LogP contribution in [0.15, 0.2) is 29.3 Å². The van der Waals surface area contributed by atoms with Crippen molar-refractivity contribution in [1.82, 2.24) is 0 Å². The summed E-state index contributed by atoms with van der Waals surface area (Å²) >= 11 is 5.59. The van der Waals surface area contributed by atoms with Crippen molar-refractivity contribution in [2.45, 2.75) is 26.8 Å². The molecule has 0 aliphatic carbocycles. The third-order valence-electron chi connectivity index (χ3n) is 2.30. The molecule has 2 N–H and O–H groups in total. The monoisotopic (exact) mass is 239 g/mol. The van der Waals surface area contributed by atoms with Crippen molar-refractivity contribution in [3.05, 3.63) is 40.4 Å². The van der Waals surface area contributed by atoms with E-state index in [4.69, 9.17) is 22.1 Å². The Hall–Kier alpha value is -0.990. The summed E-state index contributed by atoms with van der Waals surface area (Å²) in [6.07, 6.45) is 0. The normalized spacial score (nSPS) is 13.7. The van der Waals surface area contributed by atoms with Gasteiger partial charge in [-0.25, -0.2) is 0 Å². The van der Waals surface area contributed by atoms with Crippen molar-refractivity contribution in [1.29, 1.82) is 0 Å². The Labute approximate surface area is 102 Å². The second-order valence-electron chi connectivity index (χ2n) is 4.07. The van der Waals surface area contributed by atoms with Gasteiger partial charge in [-0.05, 0) is 38.0 Å². The van der Waals surface area contributed by atoms with Crippen molar-refractivity contribution in [2.75, 3.05) is 6.61 Å². The van der Waals surface area contributed by atoms with Crippen molar-refractivity contribution >= 4 is 11.6 Å². The molecule has 0 saturated carbocycles. The van der Waals surface area contributed by atoms with Gasteiger partial charge < -0.3 is 10.5 Å². The standard InChI is InChI=1S/C13H18ClNO/c1-9-4-5-12(11(3)15)13(6-9)16-8-10(2)7-14/h4-7,11H,8,15H2,1-3H3/b10-7+. The van der Waals surface area contributed by atoms with Crippen molar-refractivity contribution < 1.29 is 4.74 Å². The molecule has 0 spiro atoms. The van der Waals surface area contributed by atoms with Gasteiger partial charge in [-0.1, -0.05) is 23.7 Å². The molecule has 88 valence electrons. The second kappa shape index (κ2) is 5.92. The van der Waals surface area contributed by atoms with E-state index in [0.717, 1.165) is 22.4 Å². The molecule has 3 heteroatoms. The molecule has 1 aromatic rings. The summed E-state index contributed by atoms with van der Waals surface area (Å²) in [5.41, 5.74) is 10.6. The van der Waals surface area contributed by atoms with Gasteiger partial charge in [0.2, 0.25) is 0 Å². The van der Waals surface area contributed by atoms with Gasteiger partial charge in [0.1, 0.15) is 12.4 Å². The van der Waals surface area contributed by atoms with Crippen LogP contribution in [0.1, 0.15) is 31.0 Å². The first-order chi connectivity index (χ1) is 7.54. The number of rotatable bonds is 4. The number of hydrogen-bond acceptors (Lipinski definition) is 2. The summed E-state index contributed by atoms with van der Waals surface area (Å²) in [5, 5.41) is 0. The molecule has 0 radical (unpaired) electrons. The average molecular weight is 240 g/mol. The molecule has 2 nitrogen and oxygen atoms in total. The molecule has 1 aromatic carbocycles. The van der Waals surface area contributed by atoms with E-state index in [0.29, 0.717) is 6.61 Å². The van der Waals surface area contributed by atoms with Crippen LogP contribution < -0.4 is 10.5 Å². The van der Waals surface area contributed by atoms with Gasteiger partial charge in [0, 0.05) is 17.1 Å². The predicted molar refractivity (Wildman–Crippen MR) is 68.9 cm³/mol. The molecule has 1 unspecified atom stereocenters. The number of halogens is 1. The van der Waals surface area contributed by atoms with E-state index in [-0.39, 0.29) is 6.04 Å². The SMILES string of the molecule is C/C(=C\Cl)COc1cc(C)ccc1C(C)N. The van der Waals surface area contributed by atoms with Crippen LogP contribution in [-0.2, 0) is 0 Å². The lowest BCUT2D eigenvalue weighted by molar-refractivity contribution is 0.346. The maximum Gasteiger partial charge on any atom is 0.124 e. The highest BCUT2D eigenvalue weighted by Crippen LogP contribution is 2.25. The van der Waals surface area contributed by atoms with E-state index in [1.54, 1.807) is 0 Å². The minimum atomic E-state index is -0.0316. The summed E-state index contributed by atoms with van der Waals surface area (Å²) < 4.78 is 5.70. The number of aryl methyl sites for hydroxylation is 1. The van der Waals surface area contributed by atoms with E-state index in [1.165, 1.54) is 5.54 Å². The highest BCUT2D eigenvalue weighted by Gasteiger charge is 2.08. The minimum Gasteiger partial charge on any atom is -0.489 e. The first kappa shape index (κ1) is 13.1. The molecule has 0 bridgehead atoms. The van der Waals surface area contributed by atoms with Crippen LogP contribution in [0.3, 0.4) is 0 Å². The van der Waals surface area contributed by atoms with E-state index in [9.17, 15) is 0 Å². The van der Waals surface area contributed by atoms with Gasteiger partial charge in [0.05, 0.1) is 0 Å². The van der Waals surface area contributed by atoms with Crippen LogP contribution in [0.2, 0.25) is 0 Å². The summed E-state index contributed by atoms with van der Waals surface area (Å²) in [7, 11) is 0. The molecule has 0 aromatic heterocycles. The summed E-state index contributed by atoms with van der Waals surface area (Å²) in [4.78, 5) is 0. The highest BCUT2D eigenvalue weighted by atomic mass is 35.5. The molecule has 0 aliphatic heterocycles. The molecule has 0 saturated heterocycles. The van der Waals surface area contributed by atoms with Crippen LogP contribution >= 0.6 is 11.6 Å². The van der Waals surface area contributed by atoms with Gasteiger partial charge >= 0.3 is 0 Å². The van der Waals surface area contributed by atoms with Crippen LogP contribution in [0.4, 0.5) is 0 Å². The second-order valence-corrected chi connectivity index (χ2v) is 4.29. The number of hydrogen-bond donors (Lipinski definition) is 1. The molecule has 0 fully saturated rings. The van der Waals surface area contributed by atoms with Gasteiger partial charge in [0.25, 0.3) is 0 Å². The Kier molecular flexibility index (Phi) is 4.84. The summed E-state index contributed by atoms with van der Waals surface area (Å²) in [5.74, 6) is 0.841. The number of benzene rings is 1. The summed E-state index contributed by atoms with van der Waals surface area (Å²) in [6.45, 7) is 6.39. The van der Waals surface area contributed by atoms with Crippen LogP contribution in [0, 0.1) is 6.92 Å². The number of nitrogens with two attached hydrogens (primary N) is 1. The molecule has 16 heavy (non-hydrogen) atoms. The van der Waals surface area contributed by atoms with Gasteiger partial charge in [-0.3, -0.25) is 0 Å². The first-order valence-electron chi connectivity index (χ1n) is 5.29. The highest BCUT2D eigenvalue weighted by molar-refractivity contribution is 6.25. The molecule has 0 aliphatic rings. The summed E-state index contributed by atoms with van der Waals surface area (Å²) in [6, 6.07) is 6.02. The Morgan fingerprint density at radius 1 is 1.56 bits per heavy atom. The zero-order valence-electron chi connectivity index (χ0n) is 9.96. The Morgan fingerprint density at radius 3 is 2.81 bits per heavy atom. The van der Waals surface area contributed by atoms with Crippen molar-refractivity contribution in [2.24, 2.45) is 5.73 Å².